The number of allylic oxidation sites excluding steroid dienone is 1. The number of carbonyl (C=O) groups excluding carboxylic acids is 1. The van der Waals surface area contributed by atoms with Gasteiger partial charge in [-0.2, -0.15) is 0 Å². The Morgan fingerprint density at radius 1 is 1.04 bits per heavy atom. The van der Waals surface area contributed by atoms with Crippen molar-refractivity contribution in [1.82, 2.24) is 0 Å². The van der Waals surface area contributed by atoms with Crippen molar-refractivity contribution in [2.75, 3.05) is 0 Å². The molecule has 0 saturated carbocycles. The topological polar surface area (TPSA) is 35.5 Å². The van der Waals surface area contributed by atoms with Crippen molar-refractivity contribution >= 4 is 11.9 Å². The average molecular weight is 360 g/mol. The van der Waals surface area contributed by atoms with E-state index in [1.54, 1.807) is 36.4 Å². The van der Waals surface area contributed by atoms with Crippen LogP contribution in [0.5, 0.6) is 11.5 Å². The fraction of sp³-hybridized carbons (Fsp3) is 0.0870. The summed E-state index contributed by atoms with van der Waals surface area (Å²) in [7, 11) is 0. The lowest BCUT2D eigenvalue weighted by atomic mass is 10.1. The second-order valence-electron chi connectivity index (χ2n) is 6.33. The first kappa shape index (κ1) is 17.0. The molecule has 0 bridgehead atoms. The van der Waals surface area contributed by atoms with Gasteiger partial charge in [-0.25, -0.2) is 4.39 Å². The summed E-state index contributed by atoms with van der Waals surface area (Å²) < 4.78 is 25.3. The number of hydrogen-bond acceptors (Lipinski definition) is 3. The smallest absolute Gasteiger partial charge is 0.231 e. The molecule has 0 atom stereocenters. The van der Waals surface area contributed by atoms with Crippen LogP contribution < -0.4 is 9.47 Å². The number of ketones is 1. The van der Waals surface area contributed by atoms with Crippen LogP contribution in [0.25, 0.3) is 6.08 Å². The molecule has 134 valence electrons. The van der Waals surface area contributed by atoms with E-state index in [0.29, 0.717) is 29.2 Å². The molecule has 4 heteroatoms. The van der Waals surface area contributed by atoms with Gasteiger partial charge in [0.15, 0.2) is 5.76 Å². The van der Waals surface area contributed by atoms with Crippen LogP contribution in [0.4, 0.5) is 4.39 Å². The van der Waals surface area contributed by atoms with E-state index in [-0.39, 0.29) is 11.5 Å². The minimum atomic E-state index is -0.403. The largest absolute Gasteiger partial charge is 0.489 e. The second kappa shape index (κ2) is 7.08. The number of fused-ring (bicyclic) bond motifs is 1. The number of carbonyl (C=O) groups is 1. The van der Waals surface area contributed by atoms with Crippen LogP contribution in [0, 0.1) is 12.7 Å². The Morgan fingerprint density at radius 2 is 1.81 bits per heavy atom. The highest BCUT2D eigenvalue weighted by atomic mass is 19.1. The lowest BCUT2D eigenvalue weighted by molar-refractivity contribution is 0.101. The van der Waals surface area contributed by atoms with E-state index in [0.717, 1.165) is 11.1 Å². The van der Waals surface area contributed by atoms with Crippen LogP contribution in [0.1, 0.15) is 27.0 Å². The predicted molar refractivity (Wildman–Crippen MR) is 101 cm³/mol. The molecule has 0 aromatic heterocycles. The van der Waals surface area contributed by atoms with Gasteiger partial charge in [0.2, 0.25) is 5.78 Å². The van der Waals surface area contributed by atoms with Gasteiger partial charge in [-0.15, -0.1) is 0 Å². The maximum absolute atomic E-state index is 13.8. The Labute approximate surface area is 156 Å². The van der Waals surface area contributed by atoms with E-state index >= 15 is 0 Å². The molecule has 1 aliphatic rings. The van der Waals surface area contributed by atoms with Crippen molar-refractivity contribution in [1.29, 1.82) is 0 Å². The summed E-state index contributed by atoms with van der Waals surface area (Å²) in [5.74, 6) is 0.464. The molecule has 3 aromatic carbocycles. The molecule has 0 spiro atoms. The maximum Gasteiger partial charge on any atom is 0.231 e. The fourth-order valence-corrected chi connectivity index (χ4v) is 2.92. The Hall–Kier alpha value is -3.40. The lowest BCUT2D eigenvalue weighted by Crippen LogP contribution is -1.98. The Kier molecular flexibility index (Phi) is 4.47. The molecule has 0 N–H and O–H groups in total. The molecule has 27 heavy (non-hydrogen) atoms. The minimum Gasteiger partial charge on any atom is -0.489 e. The van der Waals surface area contributed by atoms with Crippen LogP contribution in [0.3, 0.4) is 0 Å². The molecule has 3 aromatic rings. The van der Waals surface area contributed by atoms with E-state index in [1.807, 2.05) is 31.2 Å². The first-order valence-corrected chi connectivity index (χ1v) is 8.62. The van der Waals surface area contributed by atoms with Gasteiger partial charge < -0.3 is 9.47 Å². The molecule has 3 nitrogen and oxygen atoms in total. The summed E-state index contributed by atoms with van der Waals surface area (Å²) in [5.41, 5.74) is 3.00. The molecule has 0 amide bonds. The molecule has 0 fully saturated rings. The zero-order valence-electron chi connectivity index (χ0n) is 14.7. The van der Waals surface area contributed by atoms with E-state index in [4.69, 9.17) is 9.47 Å². The monoisotopic (exact) mass is 360 g/mol. The summed E-state index contributed by atoms with van der Waals surface area (Å²) in [4.78, 5) is 12.5. The quantitative estimate of drug-likeness (QED) is 0.590. The summed E-state index contributed by atoms with van der Waals surface area (Å²) in [6, 6.07) is 19.3. The number of rotatable bonds is 4. The summed E-state index contributed by atoms with van der Waals surface area (Å²) in [6.45, 7) is 2.46. The van der Waals surface area contributed by atoms with E-state index < -0.39 is 5.82 Å². The normalized spacial score (nSPS) is 14.1. The SMILES string of the molecule is Cc1ccccc1COc1ccc2c(c1)O/C(=C\c1ccccc1F)C2=O. The van der Waals surface area contributed by atoms with Gasteiger partial charge in [0.25, 0.3) is 0 Å². The lowest BCUT2D eigenvalue weighted by Gasteiger charge is -2.09. The Morgan fingerprint density at radius 3 is 2.63 bits per heavy atom. The van der Waals surface area contributed by atoms with Crippen molar-refractivity contribution < 1.29 is 18.7 Å². The molecule has 0 aliphatic carbocycles. The first-order valence-electron chi connectivity index (χ1n) is 8.62. The van der Waals surface area contributed by atoms with E-state index in [1.165, 1.54) is 12.1 Å². The van der Waals surface area contributed by atoms with Gasteiger partial charge in [-0.05, 0) is 42.3 Å². The third-order valence-corrected chi connectivity index (χ3v) is 4.49. The molecular formula is C23H17FO3. The molecule has 0 unspecified atom stereocenters. The van der Waals surface area contributed by atoms with Gasteiger partial charge >= 0.3 is 0 Å². The van der Waals surface area contributed by atoms with Gasteiger partial charge in [0.05, 0.1) is 5.56 Å². The van der Waals surface area contributed by atoms with Crippen LogP contribution in [0.2, 0.25) is 0 Å². The average Bonchev–Trinajstić information content (AvgIpc) is 2.98. The molecule has 4 rings (SSSR count). The molecule has 0 radical (unpaired) electrons. The van der Waals surface area contributed by atoms with Crippen molar-refractivity contribution in [2.24, 2.45) is 0 Å². The van der Waals surface area contributed by atoms with Crippen molar-refractivity contribution in [2.45, 2.75) is 13.5 Å². The highest BCUT2D eigenvalue weighted by Crippen LogP contribution is 2.35. The number of hydrogen-bond donors (Lipinski definition) is 0. The second-order valence-corrected chi connectivity index (χ2v) is 6.33. The molecule has 1 aliphatic heterocycles. The molecule has 1 heterocycles. The van der Waals surface area contributed by atoms with Crippen LogP contribution in [-0.2, 0) is 6.61 Å². The highest BCUT2D eigenvalue weighted by Gasteiger charge is 2.28. The summed E-state index contributed by atoms with van der Waals surface area (Å²) in [6.07, 6.45) is 1.42. The van der Waals surface area contributed by atoms with Gasteiger partial charge in [-0.3, -0.25) is 4.79 Å². The van der Waals surface area contributed by atoms with E-state index in [2.05, 4.69) is 0 Å². The molecular weight excluding hydrogens is 343 g/mol. The predicted octanol–water partition coefficient (Wildman–Crippen LogP) is 5.33. The zero-order valence-corrected chi connectivity index (χ0v) is 14.7. The minimum absolute atomic E-state index is 0.103. The van der Waals surface area contributed by atoms with Crippen LogP contribution in [-0.4, -0.2) is 5.78 Å². The van der Waals surface area contributed by atoms with Crippen molar-refractivity contribution in [3.8, 4) is 11.5 Å². The van der Waals surface area contributed by atoms with Gasteiger partial charge in [-0.1, -0.05) is 42.5 Å². The van der Waals surface area contributed by atoms with Gasteiger partial charge in [0, 0.05) is 11.6 Å². The Balaban J connectivity index is 1.54. The third-order valence-electron chi connectivity index (χ3n) is 4.49. The first-order chi connectivity index (χ1) is 13.1. The number of halogens is 1. The summed E-state index contributed by atoms with van der Waals surface area (Å²) in [5, 5.41) is 0. The van der Waals surface area contributed by atoms with Crippen molar-refractivity contribution in [3.05, 3.63) is 101 Å². The maximum atomic E-state index is 13.8. The number of Topliss-reactive ketones (excluding diaryl/α,β-unsaturated/α-hetero) is 1. The molecule has 0 saturated heterocycles. The summed E-state index contributed by atoms with van der Waals surface area (Å²) >= 11 is 0. The highest BCUT2D eigenvalue weighted by molar-refractivity contribution is 6.14. The number of ether oxygens (including phenoxy) is 2. The van der Waals surface area contributed by atoms with Crippen LogP contribution >= 0.6 is 0 Å². The van der Waals surface area contributed by atoms with Crippen molar-refractivity contribution in [3.63, 3.8) is 0 Å². The zero-order chi connectivity index (χ0) is 18.8. The third kappa shape index (κ3) is 3.47. The number of aryl methyl sites for hydroxylation is 1. The van der Waals surface area contributed by atoms with E-state index in [9.17, 15) is 9.18 Å². The standard InChI is InChI=1S/C23H17FO3/c1-15-6-2-3-8-17(15)14-26-18-10-11-19-21(13-18)27-22(23(19)25)12-16-7-4-5-9-20(16)24/h2-13H,14H2,1H3/b22-12-. The van der Waals surface area contributed by atoms with Gasteiger partial charge in [0.1, 0.15) is 23.9 Å². The van der Waals surface area contributed by atoms with Crippen LogP contribution in [0.15, 0.2) is 72.5 Å². The fourth-order valence-electron chi connectivity index (χ4n) is 2.92. The number of benzene rings is 3. The Bertz CT molecular complexity index is 1050.